The molecule has 0 spiro atoms. The molecule has 1 aliphatic rings. The van der Waals surface area contributed by atoms with E-state index >= 15 is 0 Å². The number of ether oxygens (including phenoxy) is 1. The molecule has 0 atom stereocenters. The second-order valence-corrected chi connectivity index (χ2v) is 5.84. The molecule has 0 amide bonds. The number of benzene rings is 1. The van der Waals surface area contributed by atoms with Gasteiger partial charge in [0.2, 0.25) is 0 Å². The number of nitro groups is 1. The lowest BCUT2D eigenvalue weighted by molar-refractivity contribution is -0.384. The van der Waals surface area contributed by atoms with Crippen molar-refractivity contribution in [1.29, 1.82) is 0 Å². The van der Waals surface area contributed by atoms with Gasteiger partial charge in [0.15, 0.2) is 5.75 Å². The topological polar surface area (TPSA) is 64.4 Å². The average Bonchev–Trinajstić information content (AvgIpc) is 2.45. The lowest BCUT2D eigenvalue weighted by atomic mass is 9.76. The second-order valence-electron chi connectivity index (χ2n) is 5.84. The van der Waals surface area contributed by atoms with Gasteiger partial charge in [0.1, 0.15) is 5.69 Å². The molecule has 1 N–H and O–H groups in total. The number of nitrogens with zero attached hydrogens (tertiary/aromatic N) is 1. The number of hydrogen-bond acceptors (Lipinski definition) is 4. The van der Waals surface area contributed by atoms with Crippen LogP contribution in [0.2, 0.25) is 0 Å². The summed E-state index contributed by atoms with van der Waals surface area (Å²) in [5.74, 6) is 0.300. The molecule has 2 rings (SSSR count). The highest BCUT2D eigenvalue weighted by atomic mass is 16.6. The summed E-state index contributed by atoms with van der Waals surface area (Å²) in [6.45, 7) is 3.02. The Morgan fingerprint density at radius 2 is 2.05 bits per heavy atom. The Labute approximate surface area is 119 Å². The van der Waals surface area contributed by atoms with Gasteiger partial charge >= 0.3 is 5.69 Å². The molecule has 0 aromatic heterocycles. The van der Waals surface area contributed by atoms with Gasteiger partial charge < -0.3 is 10.1 Å². The fourth-order valence-electron chi connectivity index (χ4n) is 2.91. The predicted molar refractivity (Wildman–Crippen MR) is 79.3 cm³/mol. The van der Waals surface area contributed by atoms with Crippen LogP contribution in [-0.4, -0.2) is 18.6 Å². The van der Waals surface area contributed by atoms with Crippen LogP contribution in [0.15, 0.2) is 18.2 Å². The van der Waals surface area contributed by atoms with Crippen molar-refractivity contribution in [3.63, 3.8) is 0 Å². The van der Waals surface area contributed by atoms with Gasteiger partial charge in [0.25, 0.3) is 0 Å². The first kappa shape index (κ1) is 14.6. The first-order valence-electron chi connectivity index (χ1n) is 7.11. The van der Waals surface area contributed by atoms with Crippen LogP contribution in [-0.2, 0) is 0 Å². The van der Waals surface area contributed by atoms with Crippen molar-refractivity contribution in [1.82, 2.24) is 0 Å². The second kappa shape index (κ2) is 6.11. The van der Waals surface area contributed by atoms with Crippen molar-refractivity contribution in [3.8, 4) is 5.75 Å². The van der Waals surface area contributed by atoms with E-state index in [0.29, 0.717) is 11.4 Å². The van der Waals surface area contributed by atoms with Gasteiger partial charge in [0.05, 0.1) is 12.0 Å². The number of rotatable bonds is 5. The molecule has 1 aromatic carbocycles. The summed E-state index contributed by atoms with van der Waals surface area (Å²) in [6, 6.07) is 5.13. The first-order valence-corrected chi connectivity index (χ1v) is 7.11. The zero-order valence-electron chi connectivity index (χ0n) is 12.1. The Kier molecular flexibility index (Phi) is 4.47. The number of nitro benzene ring substituents is 1. The van der Waals surface area contributed by atoms with Crippen LogP contribution in [0, 0.1) is 15.5 Å². The lowest BCUT2D eigenvalue weighted by Gasteiger charge is -2.34. The summed E-state index contributed by atoms with van der Waals surface area (Å²) >= 11 is 0. The third kappa shape index (κ3) is 3.21. The summed E-state index contributed by atoms with van der Waals surface area (Å²) < 4.78 is 5.08. The van der Waals surface area contributed by atoms with E-state index in [1.807, 2.05) is 0 Å². The number of methoxy groups -OCH3 is 1. The predicted octanol–water partition coefficient (Wildman–Crippen LogP) is 3.99. The van der Waals surface area contributed by atoms with Crippen LogP contribution in [0.25, 0.3) is 0 Å². The van der Waals surface area contributed by atoms with Gasteiger partial charge in [-0.2, -0.15) is 0 Å². The Morgan fingerprint density at radius 1 is 1.35 bits per heavy atom. The molecule has 0 bridgehead atoms. The molecule has 1 fully saturated rings. The van der Waals surface area contributed by atoms with Crippen LogP contribution in [0.3, 0.4) is 0 Å². The van der Waals surface area contributed by atoms with E-state index in [9.17, 15) is 10.1 Å². The Morgan fingerprint density at radius 3 is 2.65 bits per heavy atom. The first-order chi connectivity index (χ1) is 9.56. The number of para-hydroxylation sites is 1. The number of hydrogen-bond donors (Lipinski definition) is 1. The smallest absolute Gasteiger partial charge is 0.333 e. The molecule has 0 saturated heterocycles. The van der Waals surface area contributed by atoms with Crippen molar-refractivity contribution in [2.24, 2.45) is 5.41 Å². The Balaban J connectivity index is 2.14. The SMILES string of the molecule is COc1cccc(NCC2(C)CCCCC2)c1[N+](=O)[O-]. The van der Waals surface area contributed by atoms with Crippen LogP contribution in [0.4, 0.5) is 11.4 Å². The monoisotopic (exact) mass is 278 g/mol. The minimum Gasteiger partial charge on any atom is -0.490 e. The highest BCUT2D eigenvalue weighted by Gasteiger charge is 2.28. The number of nitrogens with one attached hydrogen (secondary N) is 1. The third-order valence-corrected chi connectivity index (χ3v) is 4.17. The van der Waals surface area contributed by atoms with Crippen molar-refractivity contribution in [2.75, 3.05) is 19.0 Å². The molecular formula is C15H22N2O3. The molecule has 1 saturated carbocycles. The molecule has 1 aliphatic carbocycles. The maximum absolute atomic E-state index is 11.2. The molecule has 20 heavy (non-hydrogen) atoms. The van der Waals surface area contributed by atoms with E-state index in [1.54, 1.807) is 18.2 Å². The van der Waals surface area contributed by atoms with Gasteiger partial charge in [-0.1, -0.05) is 32.3 Å². The van der Waals surface area contributed by atoms with E-state index in [2.05, 4.69) is 12.2 Å². The molecule has 0 unspecified atom stereocenters. The highest BCUT2D eigenvalue weighted by molar-refractivity contribution is 5.68. The van der Waals surface area contributed by atoms with Crippen LogP contribution in [0.5, 0.6) is 5.75 Å². The van der Waals surface area contributed by atoms with E-state index in [1.165, 1.54) is 39.2 Å². The van der Waals surface area contributed by atoms with Crippen molar-refractivity contribution >= 4 is 11.4 Å². The highest BCUT2D eigenvalue weighted by Crippen LogP contribution is 2.38. The fourth-order valence-corrected chi connectivity index (χ4v) is 2.91. The molecule has 0 aliphatic heterocycles. The summed E-state index contributed by atoms with van der Waals surface area (Å²) in [5, 5.41) is 14.5. The van der Waals surface area contributed by atoms with Crippen molar-refractivity contribution in [3.05, 3.63) is 28.3 Å². The molecule has 0 heterocycles. The van der Waals surface area contributed by atoms with E-state index in [-0.39, 0.29) is 16.0 Å². The fraction of sp³-hybridized carbons (Fsp3) is 0.600. The van der Waals surface area contributed by atoms with Gasteiger partial charge in [-0.3, -0.25) is 10.1 Å². The summed E-state index contributed by atoms with van der Waals surface area (Å²) in [4.78, 5) is 10.8. The maximum atomic E-state index is 11.2. The number of anilines is 1. The summed E-state index contributed by atoms with van der Waals surface area (Å²) in [6.07, 6.45) is 6.15. The zero-order valence-corrected chi connectivity index (χ0v) is 12.1. The quantitative estimate of drug-likeness (QED) is 0.653. The Hall–Kier alpha value is -1.78. The molecule has 110 valence electrons. The average molecular weight is 278 g/mol. The maximum Gasteiger partial charge on any atom is 0.333 e. The van der Waals surface area contributed by atoms with Crippen molar-refractivity contribution < 1.29 is 9.66 Å². The van der Waals surface area contributed by atoms with E-state index in [0.717, 1.165) is 6.54 Å². The van der Waals surface area contributed by atoms with E-state index < -0.39 is 0 Å². The third-order valence-electron chi connectivity index (χ3n) is 4.17. The molecule has 5 nitrogen and oxygen atoms in total. The van der Waals surface area contributed by atoms with Gasteiger partial charge in [-0.25, -0.2) is 0 Å². The van der Waals surface area contributed by atoms with Gasteiger partial charge in [-0.15, -0.1) is 0 Å². The minimum absolute atomic E-state index is 0.0226. The van der Waals surface area contributed by atoms with Crippen molar-refractivity contribution in [2.45, 2.75) is 39.0 Å². The minimum atomic E-state index is -0.385. The molecule has 0 radical (unpaired) electrons. The standard InChI is InChI=1S/C15H22N2O3/c1-15(9-4-3-5-10-15)11-16-12-7-6-8-13(20-2)14(12)17(18)19/h6-8,16H,3-5,9-11H2,1-2H3. The zero-order chi connectivity index (χ0) is 14.6. The molecular weight excluding hydrogens is 256 g/mol. The van der Waals surface area contributed by atoms with Crippen LogP contribution < -0.4 is 10.1 Å². The van der Waals surface area contributed by atoms with E-state index in [4.69, 9.17) is 4.74 Å². The van der Waals surface area contributed by atoms with Gasteiger partial charge in [0, 0.05) is 6.54 Å². The summed E-state index contributed by atoms with van der Waals surface area (Å²) in [7, 11) is 1.45. The molecule has 1 aromatic rings. The summed E-state index contributed by atoms with van der Waals surface area (Å²) in [5.41, 5.74) is 0.797. The normalized spacial score (nSPS) is 17.5. The van der Waals surface area contributed by atoms with Crippen LogP contribution >= 0.6 is 0 Å². The Bertz CT molecular complexity index is 482. The largest absolute Gasteiger partial charge is 0.490 e. The molecule has 5 heteroatoms. The van der Waals surface area contributed by atoms with Crippen LogP contribution in [0.1, 0.15) is 39.0 Å². The lowest BCUT2D eigenvalue weighted by Crippen LogP contribution is -2.29. The van der Waals surface area contributed by atoms with Gasteiger partial charge in [-0.05, 0) is 30.4 Å².